The van der Waals surface area contributed by atoms with Gasteiger partial charge in [-0.1, -0.05) is 12.1 Å². The molecular weight excluding hydrogens is 375 g/mol. The van der Waals surface area contributed by atoms with Crippen LogP contribution in [0.15, 0.2) is 67.0 Å². The molecular formula is C21H21FN4O3. The van der Waals surface area contributed by atoms with E-state index in [1.807, 2.05) is 6.92 Å². The van der Waals surface area contributed by atoms with Crippen molar-refractivity contribution in [1.29, 1.82) is 0 Å². The van der Waals surface area contributed by atoms with Crippen LogP contribution in [-0.4, -0.2) is 28.2 Å². The Morgan fingerprint density at radius 1 is 1.10 bits per heavy atom. The topological polar surface area (TPSA) is 85.3 Å². The molecule has 0 aliphatic heterocycles. The van der Waals surface area contributed by atoms with Crippen LogP contribution in [0, 0.1) is 5.82 Å². The number of carbonyl (C=O) groups is 2. The van der Waals surface area contributed by atoms with Crippen molar-refractivity contribution in [3.63, 3.8) is 0 Å². The van der Waals surface area contributed by atoms with Crippen LogP contribution < -0.4 is 15.4 Å². The number of aromatic nitrogens is 2. The second-order valence-corrected chi connectivity index (χ2v) is 6.41. The van der Waals surface area contributed by atoms with Gasteiger partial charge in [-0.25, -0.2) is 4.39 Å². The van der Waals surface area contributed by atoms with Gasteiger partial charge >= 0.3 is 0 Å². The predicted molar refractivity (Wildman–Crippen MR) is 106 cm³/mol. The van der Waals surface area contributed by atoms with Crippen molar-refractivity contribution in [2.24, 2.45) is 0 Å². The Bertz CT molecular complexity index is 941. The summed E-state index contributed by atoms with van der Waals surface area (Å²) < 4.78 is 20.0. The third-order valence-corrected chi connectivity index (χ3v) is 4.12. The van der Waals surface area contributed by atoms with Crippen molar-refractivity contribution in [1.82, 2.24) is 15.1 Å². The predicted octanol–water partition coefficient (Wildman–Crippen LogP) is 2.92. The number of rotatable bonds is 8. The minimum atomic E-state index is -0.323. The Balaban J connectivity index is 1.43. The number of halogens is 1. The maximum absolute atomic E-state index is 13.0. The average Bonchev–Trinajstić information content (AvgIpc) is 3.20. The lowest BCUT2D eigenvalue weighted by molar-refractivity contribution is -0.123. The van der Waals surface area contributed by atoms with Crippen LogP contribution in [0.5, 0.6) is 5.75 Å². The first-order valence-electron chi connectivity index (χ1n) is 9.04. The first-order chi connectivity index (χ1) is 14.0. The maximum atomic E-state index is 13.0. The van der Waals surface area contributed by atoms with Crippen molar-refractivity contribution in [2.45, 2.75) is 19.5 Å². The van der Waals surface area contributed by atoms with E-state index in [0.29, 0.717) is 11.4 Å². The molecule has 29 heavy (non-hydrogen) atoms. The number of benzene rings is 2. The van der Waals surface area contributed by atoms with E-state index in [0.717, 1.165) is 5.56 Å². The van der Waals surface area contributed by atoms with E-state index in [4.69, 9.17) is 4.74 Å². The molecule has 1 atom stereocenters. The summed E-state index contributed by atoms with van der Waals surface area (Å²) in [7, 11) is 0. The summed E-state index contributed by atoms with van der Waals surface area (Å²) in [6.45, 7) is 1.78. The number of hydrogen-bond acceptors (Lipinski definition) is 4. The second kappa shape index (κ2) is 9.50. The molecule has 2 amide bonds. The van der Waals surface area contributed by atoms with Gasteiger partial charge in [-0.3, -0.25) is 14.3 Å². The molecule has 7 nitrogen and oxygen atoms in total. The van der Waals surface area contributed by atoms with Gasteiger partial charge in [-0.15, -0.1) is 0 Å². The molecule has 3 aromatic rings. The van der Waals surface area contributed by atoms with Crippen LogP contribution in [-0.2, 0) is 16.1 Å². The van der Waals surface area contributed by atoms with Crippen LogP contribution in [0.1, 0.15) is 18.5 Å². The number of anilines is 1. The van der Waals surface area contributed by atoms with Crippen LogP contribution in [0.3, 0.4) is 0 Å². The number of amides is 2. The molecule has 0 aliphatic rings. The molecule has 0 fully saturated rings. The fraction of sp³-hybridized carbons (Fsp3) is 0.190. The Morgan fingerprint density at radius 2 is 1.83 bits per heavy atom. The van der Waals surface area contributed by atoms with Gasteiger partial charge in [-0.2, -0.15) is 5.10 Å². The van der Waals surface area contributed by atoms with Gasteiger partial charge in [0.2, 0.25) is 5.91 Å². The summed E-state index contributed by atoms with van der Waals surface area (Å²) >= 11 is 0. The van der Waals surface area contributed by atoms with Crippen LogP contribution in [0.4, 0.5) is 10.1 Å². The first kappa shape index (κ1) is 20.1. The summed E-state index contributed by atoms with van der Waals surface area (Å²) in [4.78, 5) is 24.0. The third-order valence-electron chi connectivity index (χ3n) is 4.12. The highest BCUT2D eigenvalue weighted by Crippen LogP contribution is 2.16. The smallest absolute Gasteiger partial charge is 0.258 e. The molecule has 3 rings (SSSR count). The van der Waals surface area contributed by atoms with E-state index in [9.17, 15) is 14.0 Å². The van der Waals surface area contributed by atoms with Crippen molar-refractivity contribution in [2.75, 3.05) is 11.9 Å². The zero-order valence-corrected chi connectivity index (χ0v) is 15.8. The van der Waals surface area contributed by atoms with E-state index in [2.05, 4.69) is 15.7 Å². The SMILES string of the molecule is C[C@@H](NC(=O)COc1ccc(NC(=O)Cn2cccn2)cc1)c1ccc(F)cc1. The summed E-state index contributed by atoms with van der Waals surface area (Å²) in [6.07, 6.45) is 3.31. The molecule has 2 N–H and O–H groups in total. The fourth-order valence-corrected chi connectivity index (χ4v) is 2.64. The van der Waals surface area contributed by atoms with E-state index >= 15 is 0 Å². The van der Waals surface area contributed by atoms with E-state index in [1.165, 1.54) is 16.8 Å². The minimum Gasteiger partial charge on any atom is -0.484 e. The Labute approximate surface area is 167 Å². The minimum absolute atomic E-state index is 0.123. The number of carbonyl (C=O) groups excluding carboxylic acids is 2. The zero-order valence-electron chi connectivity index (χ0n) is 15.8. The van der Waals surface area contributed by atoms with Crippen LogP contribution >= 0.6 is 0 Å². The molecule has 2 aromatic carbocycles. The highest BCUT2D eigenvalue weighted by Gasteiger charge is 2.10. The monoisotopic (exact) mass is 396 g/mol. The van der Waals surface area contributed by atoms with Gasteiger partial charge in [0, 0.05) is 18.1 Å². The van der Waals surface area contributed by atoms with Crippen molar-refractivity contribution < 1.29 is 18.7 Å². The van der Waals surface area contributed by atoms with E-state index in [-0.39, 0.29) is 36.8 Å². The quantitative estimate of drug-likeness (QED) is 0.613. The van der Waals surface area contributed by atoms with Gasteiger partial charge in [0.15, 0.2) is 6.61 Å². The second-order valence-electron chi connectivity index (χ2n) is 6.41. The first-order valence-corrected chi connectivity index (χ1v) is 9.04. The number of ether oxygens (including phenoxy) is 1. The Kier molecular flexibility index (Phi) is 6.57. The third kappa shape index (κ3) is 6.17. The lowest BCUT2D eigenvalue weighted by atomic mass is 10.1. The molecule has 150 valence electrons. The maximum Gasteiger partial charge on any atom is 0.258 e. The molecule has 0 radical (unpaired) electrons. The summed E-state index contributed by atoms with van der Waals surface area (Å²) in [5.74, 6) is -0.314. The summed E-state index contributed by atoms with van der Waals surface area (Å²) in [6, 6.07) is 14.1. The number of nitrogens with zero attached hydrogens (tertiary/aromatic N) is 2. The van der Waals surface area contributed by atoms with Gasteiger partial charge < -0.3 is 15.4 Å². The molecule has 0 spiro atoms. The molecule has 0 saturated carbocycles. The molecule has 0 saturated heterocycles. The van der Waals surface area contributed by atoms with E-state index in [1.54, 1.807) is 54.9 Å². The van der Waals surface area contributed by atoms with Gasteiger partial charge in [-0.05, 0) is 55.0 Å². The highest BCUT2D eigenvalue weighted by molar-refractivity contribution is 5.90. The Hall–Kier alpha value is -3.68. The van der Waals surface area contributed by atoms with Gasteiger partial charge in [0.25, 0.3) is 5.91 Å². The highest BCUT2D eigenvalue weighted by atomic mass is 19.1. The van der Waals surface area contributed by atoms with Gasteiger partial charge in [0.1, 0.15) is 18.1 Å². The molecule has 1 heterocycles. The molecule has 1 aromatic heterocycles. The molecule has 0 bridgehead atoms. The van der Waals surface area contributed by atoms with Crippen molar-refractivity contribution in [3.8, 4) is 5.75 Å². The number of hydrogen-bond donors (Lipinski definition) is 2. The Morgan fingerprint density at radius 3 is 2.48 bits per heavy atom. The standard InChI is InChI=1S/C21H21FN4O3/c1-15(16-3-5-17(22)6-4-16)24-21(28)14-29-19-9-7-18(8-10-19)25-20(27)13-26-12-2-11-23-26/h2-12,15H,13-14H2,1H3,(H,24,28)(H,25,27)/t15-/m1/s1. The zero-order chi connectivity index (χ0) is 20.6. The molecule has 8 heteroatoms. The van der Waals surface area contributed by atoms with Crippen molar-refractivity contribution in [3.05, 3.63) is 78.4 Å². The molecule has 0 unspecified atom stereocenters. The lowest BCUT2D eigenvalue weighted by Gasteiger charge is -2.15. The van der Waals surface area contributed by atoms with Crippen LogP contribution in [0.2, 0.25) is 0 Å². The normalized spacial score (nSPS) is 11.5. The average molecular weight is 396 g/mol. The van der Waals surface area contributed by atoms with Crippen LogP contribution in [0.25, 0.3) is 0 Å². The lowest BCUT2D eigenvalue weighted by Crippen LogP contribution is -2.31. The molecule has 0 aliphatic carbocycles. The largest absolute Gasteiger partial charge is 0.484 e. The summed E-state index contributed by atoms with van der Waals surface area (Å²) in [5.41, 5.74) is 1.42. The summed E-state index contributed by atoms with van der Waals surface area (Å²) in [5, 5.41) is 9.53. The van der Waals surface area contributed by atoms with Crippen molar-refractivity contribution >= 4 is 17.5 Å². The van der Waals surface area contributed by atoms with Gasteiger partial charge in [0.05, 0.1) is 6.04 Å². The van der Waals surface area contributed by atoms with E-state index < -0.39 is 0 Å². The number of nitrogens with one attached hydrogen (secondary N) is 2. The fourth-order valence-electron chi connectivity index (χ4n) is 2.64.